The fraction of sp³-hybridized carbons (Fsp3) is 0.810. The molecular weight excluding hydrogens is 252 g/mol. The first-order valence-corrected chi connectivity index (χ1v) is 9.31. The first kappa shape index (κ1) is 32.4. The van der Waals surface area contributed by atoms with E-state index in [2.05, 4.69) is 54.2 Å². The Labute approximate surface area is 139 Å². The maximum atomic E-state index is 3.77. The van der Waals surface area contributed by atoms with Gasteiger partial charge in [-0.1, -0.05) is 107 Å². The molecule has 21 heavy (non-hydrogen) atoms. The largest absolute Gasteiger partial charge is 0.102 e. The van der Waals surface area contributed by atoms with E-state index in [1.54, 1.807) is 0 Å². The molecular formula is C21H48. The third-order valence-electron chi connectivity index (χ3n) is 2.29. The molecule has 0 N–H and O–H groups in total. The molecule has 0 aromatic carbocycles. The summed E-state index contributed by atoms with van der Waals surface area (Å²) < 4.78 is 0. The Hall–Kier alpha value is -0.520. The lowest BCUT2D eigenvalue weighted by Crippen LogP contribution is -1.94. The SMILES string of the molecule is C=CC(C)/C=C(\C)CC(C)CC.CC.CC.CC.CCC. The van der Waals surface area contributed by atoms with E-state index in [1.165, 1.54) is 24.8 Å². The Balaban J connectivity index is -0.0000000795. The molecule has 0 heteroatoms. The molecule has 0 aliphatic rings. The van der Waals surface area contributed by atoms with Gasteiger partial charge < -0.3 is 0 Å². The molecule has 0 aromatic rings. The van der Waals surface area contributed by atoms with Gasteiger partial charge in [-0.15, -0.1) is 6.58 Å². The molecule has 0 amide bonds. The van der Waals surface area contributed by atoms with Crippen molar-refractivity contribution in [3.63, 3.8) is 0 Å². The summed E-state index contributed by atoms with van der Waals surface area (Å²) in [4.78, 5) is 0. The maximum absolute atomic E-state index is 3.77. The summed E-state index contributed by atoms with van der Waals surface area (Å²) in [7, 11) is 0. The predicted molar refractivity (Wildman–Crippen MR) is 107 cm³/mol. The van der Waals surface area contributed by atoms with Crippen molar-refractivity contribution in [1.82, 2.24) is 0 Å². The van der Waals surface area contributed by atoms with Gasteiger partial charge in [0.2, 0.25) is 0 Å². The van der Waals surface area contributed by atoms with Crippen LogP contribution in [0.4, 0.5) is 0 Å². The smallest absolute Gasteiger partial charge is 0.00820 e. The van der Waals surface area contributed by atoms with Crippen molar-refractivity contribution in [3.05, 3.63) is 24.3 Å². The minimum absolute atomic E-state index is 0.522. The summed E-state index contributed by atoms with van der Waals surface area (Å²) in [6.45, 7) is 29.0. The number of rotatable bonds is 5. The first-order chi connectivity index (χ1) is 10.0. The predicted octanol–water partition coefficient (Wildman–Crippen LogP) is 8.69. The maximum Gasteiger partial charge on any atom is -0.00820 e. The van der Waals surface area contributed by atoms with Crippen LogP contribution in [-0.4, -0.2) is 0 Å². The molecule has 2 atom stereocenters. The summed E-state index contributed by atoms with van der Waals surface area (Å²) in [5.41, 5.74) is 1.50. The van der Waals surface area contributed by atoms with Crippen LogP contribution in [0.2, 0.25) is 0 Å². The molecule has 0 fully saturated rings. The summed E-state index contributed by atoms with van der Waals surface area (Å²) >= 11 is 0. The van der Waals surface area contributed by atoms with Gasteiger partial charge in [0, 0.05) is 0 Å². The molecule has 132 valence electrons. The summed E-state index contributed by atoms with van der Waals surface area (Å²) in [6, 6.07) is 0. The van der Waals surface area contributed by atoms with E-state index in [1.807, 2.05) is 47.6 Å². The Kier molecular flexibility index (Phi) is 56.5. The first-order valence-electron chi connectivity index (χ1n) is 9.31. The number of hydrogen-bond acceptors (Lipinski definition) is 0. The molecule has 0 spiro atoms. The van der Waals surface area contributed by atoms with Crippen molar-refractivity contribution >= 4 is 0 Å². The molecule has 2 unspecified atom stereocenters. The van der Waals surface area contributed by atoms with Crippen LogP contribution >= 0.6 is 0 Å². The second-order valence-corrected chi connectivity index (χ2v) is 4.53. The van der Waals surface area contributed by atoms with Gasteiger partial charge in [-0.25, -0.2) is 0 Å². The number of hydrogen-bond donors (Lipinski definition) is 0. The average Bonchev–Trinajstić information content (AvgIpc) is 2.53. The van der Waals surface area contributed by atoms with Crippen LogP contribution in [0, 0.1) is 11.8 Å². The van der Waals surface area contributed by atoms with Crippen LogP contribution in [0.1, 0.15) is 102 Å². The zero-order valence-corrected chi connectivity index (χ0v) is 17.6. The Morgan fingerprint density at radius 1 is 0.905 bits per heavy atom. The van der Waals surface area contributed by atoms with E-state index in [0.717, 1.165) is 5.92 Å². The van der Waals surface area contributed by atoms with E-state index in [-0.39, 0.29) is 0 Å². The highest BCUT2D eigenvalue weighted by Gasteiger charge is 2.00. The minimum Gasteiger partial charge on any atom is -0.102 e. The molecule has 0 rings (SSSR count). The van der Waals surface area contributed by atoms with E-state index < -0.39 is 0 Å². The minimum atomic E-state index is 0.522. The highest BCUT2D eigenvalue weighted by atomic mass is 14.1. The molecule has 0 radical (unpaired) electrons. The Bertz CT molecular complexity index is 165. The van der Waals surface area contributed by atoms with Gasteiger partial charge in [-0.2, -0.15) is 0 Å². The van der Waals surface area contributed by atoms with Gasteiger partial charge in [0.1, 0.15) is 0 Å². The molecule has 0 aliphatic carbocycles. The molecule has 0 aromatic heterocycles. The topological polar surface area (TPSA) is 0 Å². The van der Waals surface area contributed by atoms with Crippen LogP contribution in [0.3, 0.4) is 0 Å². The van der Waals surface area contributed by atoms with Gasteiger partial charge in [0.25, 0.3) is 0 Å². The van der Waals surface area contributed by atoms with E-state index in [0.29, 0.717) is 5.92 Å². The van der Waals surface area contributed by atoms with Crippen molar-refractivity contribution in [3.8, 4) is 0 Å². The van der Waals surface area contributed by atoms with Crippen LogP contribution in [0.25, 0.3) is 0 Å². The van der Waals surface area contributed by atoms with E-state index in [9.17, 15) is 0 Å². The van der Waals surface area contributed by atoms with Crippen molar-refractivity contribution in [2.45, 2.75) is 102 Å². The Morgan fingerprint density at radius 2 is 1.24 bits per heavy atom. The average molecular weight is 301 g/mol. The van der Waals surface area contributed by atoms with E-state index in [4.69, 9.17) is 0 Å². The van der Waals surface area contributed by atoms with Crippen molar-refractivity contribution in [2.24, 2.45) is 11.8 Å². The standard InChI is InChI=1S/C12H22.C3H8.3C2H6/c1-6-10(3)8-12(5)9-11(4)7-2;1-3-2;3*1-2/h6,8,10-11H,1,7,9H2,2-5H3;3H2,1-2H3;3*1-2H3/b12-8+;;;;. The highest BCUT2D eigenvalue weighted by molar-refractivity contribution is 5.05. The van der Waals surface area contributed by atoms with Crippen LogP contribution < -0.4 is 0 Å². The quantitative estimate of drug-likeness (QED) is 0.445. The van der Waals surface area contributed by atoms with Crippen molar-refractivity contribution in [2.75, 3.05) is 0 Å². The van der Waals surface area contributed by atoms with E-state index >= 15 is 0 Å². The fourth-order valence-corrected chi connectivity index (χ4v) is 1.28. The van der Waals surface area contributed by atoms with Crippen LogP contribution in [0.5, 0.6) is 0 Å². The second kappa shape index (κ2) is 36.6. The van der Waals surface area contributed by atoms with Gasteiger partial charge >= 0.3 is 0 Å². The molecule has 0 saturated carbocycles. The zero-order valence-electron chi connectivity index (χ0n) is 17.6. The summed E-state index contributed by atoms with van der Waals surface area (Å²) in [5.74, 6) is 1.34. The second-order valence-electron chi connectivity index (χ2n) is 4.53. The van der Waals surface area contributed by atoms with Crippen molar-refractivity contribution < 1.29 is 0 Å². The molecule has 0 bridgehead atoms. The molecule has 0 aliphatic heterocycles. The fourth-order valence-electron chi connectivity index (χ4n) is 1.28. The third-order valence-corrected chi connectivity index (χ3v) is 2.29. The molecule has 0 saturated heterocycles. The normalized spacial score (nSPS) is 11.5. The zero-order chi connectivity index (χ0) is 18.3. The third kappa shape index (κ3) is 45.2. The molecule has 0 nitrogen and oxygen atoms in total. The summed E-state index contributed by atoms with van der Waals surface area (Å²) in [6.07, 6.45) is 8.04. The van der Waals surface area contributed by atoms with Crippen molar-refractivity contribution in [1.29, 1.82) is 0 Å². The van der Waals surface area contributed by atoms with Gasteiger partial charge in [0.15, 0.2) is 0 Å². The molecule has 0 heterocycles. The lowest BCUT2D eigenvalue weighted by molar-refractivity contribution is 0.555. The lowest BCUT2D eigenvalue weighted by atomic mass is 9.97. The van der Waals surface area contributed by atoms with Gasteiger partial charge in [0.05, 0.1) is 0 Å². The highest BCUT2D eigenvalue weighted by Crippen LogP contribution is 2.15. The van der Waals surface area contributed by atoms with Crippen LogP contribution in [0.15, 0.2) is 24.3 Å². The van der Waals surface area contributed by atoms with Gasteiger partial charge in [-0.05, 0) is 25.2 Å². The lowest BCUT2D eigenvalue weighted by Gasteiger charge is -2.09. The number of allylic oxidation sites excluding steroid dienone is 3. The Morgan fingerprint density at radius 3 is 1.48 bits per heavy atom. The van der Waals surface area contributed by atoms with Crippen LogP contribution in [-0.2, 0) is 0 Å². The van der Waals surface area contributed by atoms with Gasteiger partial charge in [-0.3, -0.25) is 0 Å². The monoisotopic (exact) mass is 300 g/mol. The summed E-state index contributed by atoms with van der Waals surface area (Å²) in [5, 5.41) is 0.